The fourth-order valence-corrected chi connectivity index (χ4v) is 3.86. The van der Waals surface area contributed by atoms with E-state index in [-0.39, 0.29) is 12.1 Å². The molecule has 4 rings (SSSR count). The first-order chi connectivity index (χ1) is 10.8. The van der Waals surface area contributed by atoms with E-state index in [2.05, 4.69) is 34.9 Å². The van der Waals surface area contributed by atoms with Gasteiger partial charge >= 0.3 is 0 Å². The Kier molecular flexibility index (Phi) is 3.28. The van der Waals surface area contributed by atoms with Crippen LogP contribution < -0.4 is 10.6 Å². The second-order valence-corrected chi connectivity index (χ2v) is 6.28. The molecule has 2 N–H and O–H groups in total. The summed E-state index contributed by atoms with van der Waals surface area (Å²) in [6.45, 7) is 0. The highest BCUT2D eigenvalue weighted by atomic mass is 32.1. The molecule has 108 valence electrons. The lowest BCUT2D eigenvalue weighted by molar-refractivity contribution is 0.782. The molecule has 2 aliphatic heterocycles. The number of hydrogen-bond donors (Lipinski definition) is 2. The molecule has 2 unspecified atom stereocenters. The molecule has 0 bridgehead atoms. The Hall–Kier alpha value is -2.04. The summed E-state index contributed by atoms with van der Waals surface area (Å²) in [6.07, 6.45) is 0. The Balaban J connectivity index is 1.80. The third-order valence-corrected chi connectivity index (χ3v) is 4.85. The van der Waals surface area contributed by atoms with Gasteiger partial charge in [-0.3, -0.25) is 0 Å². The first-order valence-corrected chi connectivity index (χ1v) is 8.03. The highest BCUT2D eigenvalue weighted by molar-refractivity contribution is 7.81. The van der Waals surface area contributed by atoms with Gasteiger partial charge in [0.25, 0.3) is 0 Å². The monoisotopic (exact) mass is 322 g/mol. The molecule has 2 heterocycles. The molecule has 2 aromatic rings. The predicted molar refractivity (Wildman–Crippen MR) is 96.9 cm³/mol. The molecule has 0 saturated heterocycles. The van der Waals surface area contributed by atoms with Crippen LogP contribution in [-0.4, -0.2) is 9.98 Å². The van der Waals surface area contributed by atoms with Crippen molar-refractivity contribution in [3.8, 4) is 0 Å². The maximum atomic E-state index is 5.60. The smallest absolute Gasteiger partial charge is 0.106 e. The molecule has 0 aromatic heterocycles. The van der Waals surface area contributed by atoms with Crippen LogP contribution in [0, 0.1) is 0 Å². The topological polar surface area (TPSA) is 24.1 Å². The highest BCUT2D eigenvalue weighted by Gasteiger charge is 2.41. The van der Waals surface area contributed by atoms with Crippen LogP contribution in [0.4, 0.5) is 0 Å². The van der Waals surface area contributed by atoms with Crippen LogP contribution in [0.5, 0.6) is 0 Å². The van der Waals surface area contributed by atoms with Gasteiger partial charge in [-0.15, -0.1) is 0 Å². The SMILES string of the molecule is S=C1NC(c2ccccc2)C2=C1C(c1ccccc1)NC2=S. The van der Waals surface area contributed by atoms with Crippen molar-refractivity contribution < 1.29 is 0 Å². The van der Waals surface area contributed by atoms with Gasteiger partial charge in [0.15, 0.2) is 0 Å². The first-order valence-electron chi connectivity index (χ1n) is 7.21. The van der Waals surface area contributed by atoms with Gasteiger partial charge in [0.1, 0.15) is 9.98 Å². The summed E-state index contributed by atoms with van der Waals surface area (Å²) in [7, 11) is 0. The Labute approximate surface area is 140 Å². The molecule has 0 fully saturated rings. The third kappa shape index (κ3) is 2.07. The first kappa shape index (κ1) is 13.6. The summed E-state index contributed by atoms with van der Waals surface area (Å²) < 4.78 is 0. The summed E-state index contributed by atoms with van der Waals surface area (Å²) in [5, 5.41) is 6.86. The van der Waals surface area contributed by atoms with Gasteiger partial charge in [-0.1, -0.05) is 85.1 Å². The minimum Gasteiger partial charge on any atom is -0.365 e. The van der Waals surface area contributed by atoms with Crippen molar-refractivity contribution in [1.29, 1.82) is 0 Å². The van der Waals surface area contributed by atoms with Gasteiger partial charge in [0, 0.05) is 11.1 Å². The summed E-state index contributed by atoms with van der Waals surface area (Å²) in [5.74, 6) is 0. The van der Waals surface area contributed by atoms with Gasteiger partial charge < -0.3 is 10.6 Å². The van der Waals surface area contributed by atoms with Crippen LogP contribution in [0.25, 0.3) is 0 Å². The van der Waals surface area contributed by atoms with E-state index in [0.29, 0.717) is 0 Å². The van der Waals surface area contributed by atoms with Crippen LogP contribution in [0.15, 0.2) is 71.8 Å². The Morgan fingerprint density at radius 3 is 1.32 bits per heavy atom. The molecule has 2 aliphatic rings. The fourth-order valence-electron chi connectivity index (χ4n) is 3.17. The molecule has 4 heteroatoms. The molecule has 0 spiro atoms. The zero-order valence-electron chi connectivity index (χ0n) is 11.7. The largest absolute Gasteiger partial charge is 0.365 e. The van der Waals surface area contributed by atoms with Crippen molar-refractivity contribution in [1.82, 2.24) is 10.6 Å². The molecule has 0 saturated carbocycles. The average Bonchev–Trinajstić information content (AvgIpc) is 3.09. The van der Waals surface area contributed by atoms with Gasteiger partial charge in [0.05, 0.1) is 12.1 Å². The van der Waals surface area contributed by atoms with E-state index in [1.54, 1.807) is 0 Å². The molecule has 2 atom stereocenters. The van der Waals surface area contributed by atoms with E-state index >= 15 is 0 Å². The lowest BCUT2D eigenvalue weighted by Gasteiger charge is -2.19. The third-order valence-electron chi connectivity index (χ3n) is 4.17. The summed E-state index contributed by atoms with van der Waals surface area (Å²) in [6, 6.07) is 20.7. The van der Waals surface area contributed by atoms with Crippen molar-refractivity contribution in [3.63, 3.8) is 0 Å². The fraction of sp³-hybridized carbons (Fsp3) is 0.111. The summed E-state index contributed by atoms with van der Waals surface area (Å²) in [4.78, 5) is 1.59. The van der Waals surface area contributed by atoms with Crippen molar-refractivity contribution in [3.05, 3.63) is 82.9 Å². The van der Waals surface area contributed by atoms with Crippen LogP contribution in [0.1, 0.15) is 23.2 Å². The standard InChI is InChI=1S/C18H14N2S2/c21-17-13-14(16(20-17)12-9-5-2-6-10-12)18(22)19-15(13)11-7-3-1-4-8-11/h1-10,15-16H,(H,19,22)(H,20,21). The quantitative estimate of drug-likeness (QED) is 0.825. The Morgan fingerprint density at radius 2 is 0.955 bits per heavy atom. The second kappa shape index (κ2) is 5.30. The number of hydrogen-bond acceptors (Lipinski definition) is 2. The van der Waals surface area contributed by atoms with E-state index in [1.807, 2.05) is 36.4 Å². The zero-order chi connectivity index (χ0) is 15.1. The number of rotatable bonds is 2. The Bertz CT molecular complexity index is 714. The van der Waals surface area contributed by atoms with Crippen LogP contribution in [0.3, 0.4) is 0 Å². The van der Waals surface area contributed by atoms with Crippen molar-refractivity contribution in [2.75, 3.05) is 0 Å². The molecule has 0 radical (unpaired) electrons. The van der Waals surface area contributed by atoms with Crippen molar-refractivity contribution >= 4 is 34.4 Å². The predicted octanol–water partition coefficient (Wildman–Crippen LogP) is 3.63. The molecule has 2 nitrogen and oxygen atoms in total. The minimum atomic E-state index is 0.0532. The van der Waals surface area contributed by atoms with Crippen molar-refractivity contribution in [2.24, 2.45) is 0 Å². The van der Waals surface area contributed by atoms with Gasteiger partial charge in [-0.2, -0.15) is 0 Å². The van der Waals surface area contributed by atoms with E-state index in [0.717, 1.165) is 21.1 Å². The summed E-state index contributed by atoms with van der Waals surface area (Å²) >= 11 is 11.2. The molecule has 22 heavy (non-hydrogen) atoms. The van der Waals surface area contributed by atoms with Gasteiger partial charge in [0.2, 0.25) is 0 Å². The van der Waals surface area contributed by atoms with E-state index < -0.39 is 0 Å². The van der Waals surface area contributed by atoms with Crippen LogP contribution in [-0.2, 0) is 0 Å². The molecular weight excluding hydrogens is 308 g/mol. The van der Waals surface area contributed by atoms with Crippen LogP contribution >= 0.6 is 24.4 Å². The average molecular weight is 322 g/mol. The normalized spacial score (nSPS) is 23.3. The second-order valence-electron chi connectivity index (χ2n) is 5.46. The molecule has 0 aliphatic carbocycles. The minimum absolute atomic E-state index is 0.0532. The van der Waals surface area contributed by atoms with Crippen molar-refractivity contribution in [2.45, 2.75) is 12.1 Å². The molecule has 0 amide bonds. The van der Waals surface area contributed by atoms with E-state index in [9.17, 15) is 0 Å². The van der Waals surface area contributed by atoms with Crippen LogP contribution in [0.2, 0.25) is 0 Å². The van der Waals surface area contributed by atoms with Gasteiger partial charge in [-0.25, -0.2) is 0 Å². The zero-order valence-corrected chi connectivity index (χ0v) is 13.4. The molecule has 2 aromatic carbocycles. The highest BCUT2D eigenvalue weighted by Crippen LogP contribution is 2.41. The van der Waals surface area contributed by atoms with E-state index in [1.165, 1.54) is 11.1 Å². The number of thiocarbonyl (C=S) groups is 2. The lowest BCUT2D eigenvalue weighted by atomic mass is 9.96. The number of benzene rings is 2. The maximum Gasteiger partial charge on any atom is 0.106 e. The lowest BCUT2D eigenvalue weighted by Crippen LogP contribution is -2.31. The Morgan fingerprint density at radius 1 is 0.591 bits per heavy atom. The maximum absolute atomic E-state index is 5.60. The van der Waals surface area contributed by atoms with E-state index in [4.69, 9.17) is 24.4 Å². The number of nitrogens with one attached hydrogen (secondary N) is 2. The summed E-state index contributed by atoms with van der Waals surface area (Å²) in [5.41, 5.74) is 4.63. The molecular formula is C18H14N2S2. The van der Waals surface area contributed by atoms with Gasteiger partial charge in [-0.05, 0) is 11.1 Å².